The van der Waals surface area contributed by atoms with E-state index in [-0.39, 0.29) is 0 Å². The first kappa shape index (κ1) is 14.9. The molecule has 0 radical (unpaired) electrons. The standard InChI is InChI=1S/C15H22N4S/c1-11(2)17-9-14-12(3)18-15(20-14)19(4)10-13-5-7-16-8-6-13/h5-8,11,17H,9-10H2,1-4H3. The Kier molecular flexibility index (Phi) is 5.09. The molecule has 5 heteroatoms. The number of thiazole rings is 1. The Hall–Kier alpha value is -1.46. The Morgan fingerprint density at radius 1 is 1.30 bits per heavy atom. The van der Waals surface area contributed by atoms with Gasteiger partial charge >= 0.3 is 0 Å². The minimum Gasteiger partial charge on any atom is -0.347 e. The lowest BCUT2D eigenvalue weighted by atomic mass is 10.2. The molecule has 0 fully saturated rings. The van der Waals surface area contributed by atoms with Crippen LogP contribution < -0.4 is 10.2 Å². The Morgan fingerprint density at radius 3 is 2.65 bits per heavy atom. The minimum absolute atomic E-state index is 0.495. The predicted molar refractivity (Wildman–Crippen MR) is 85.2 cm³/mol. The maximum absolute atomic E-state index is 4.67. The van der Waals surface area contributed by atoms with Gasteiger partial charge in [-0.05, 0) is 24.6 Å². The molecule has 2 rings (SSSR count). The van der Waals surface area contributed by atoms with Gasteiger partial charge in [0.15, 0.2) is 5.13 Å². The van der Waals surface area contributed by atoms with E-state index in [0.717, 1.165) is 23.9 Å². The third-order valence-corrected chi connectivity index (χ3v) is 4.32. The van der Waals surface area contributed by atoms with Gasteiger partial charge in [0.05, 0.1) is 5.69 Å². The fraction of sp³-hybridized carbons (Fsp3) is 0.467. The van der Waals surface area contributed by atoms with Crippen LogP contribution in [0, 0.1) is 6.92 Å². The van der Waals surface area contributed by atoms with Crippen LogP contribution in [-0.4, -0.2) is 23.1 Å². The van der Waals surface area contributed by atoms with Crippen molar-refractivity contribution >= 4 is 16.5 Å². The molecule has 108 valence electrons. The molecule has 0 atom stereocenters. The van der Waals surface area contributed by atoms with Gasteiger partial charge in [-0.3, -0.25) is 4.98 Å². The average Bonchev–Trinajstić information content (AvgIpc) is 2.79. The van der Waals surface area contributed by atoms with Crippen LogP contribution in [0.3, 0.4) is 0 Å². The molecule has 0 aromatic carbocycles. The van der Waals surface area contributed by atoms with E-state index >= 15 is 0 Å². The van der Waals surface area contributed by atoms with Crippen LogP contribution in [0.4, 0.5) is 5.13 Å². The summed E-state index contributed by atoms with van der Waals surface area (Å²) in [6.07, 6.45) is 3.66. The van der Waals surface area contributed by atoms with Gasteiger partial charge in [0.25, 0.3) is 0 Å². The summed E-state index contributed by atoms with van der Waals surface area (Å²) in [6, 6.07) is 4.57. The molecule has 0 spiro atoms. The predicted octanol–water partition coefficient (Wildman–Crippen LogP) is 2.98. The van der Waals surface area contributed by atoms with Crippen molar-refractivity contribution < 1.29 is 0 Å². The van der Waals surface area contributed by atoms with Gasteiger partial charge in [-0.25, -0.2) is 4.98 Å². The minimum atomic E-state index is 0.495. The lowest BCUT2D eigenvalue weighted by Gasteiger charge is -2.15. The normalized spacial score (nSPS) is 11.1. The molecular weight excluding hydrogens is 268 g/mol. The van der Waals surface area contributed by atoms with Gasteiger partial charge in [0, 0.05) is 43.4 Å². The third kappa shape index (κ3) is 4.02. The van der Waals surface area contributed by atoms with Gasteiger partial charge < -0.3 is 10.2 Å². The van der Waals surface area contributed by atoms with E-state index in [4.69, 9.17) is 0 Å². The van der Waals surface area contributed by atoms with Crippen LogP contribution in [0.15, 0.2) is 24.5 Å². The first-order valence-electron chi connectivity index (χ1n) is 6.86. The van der Waals surface area contributed by atoms with Gasteiger partial charge in [-0.15, -0.1) is 11.3 Å². The Bertz CT molecular complexity index is 536. The zero-order valence-electron chi connectivity index (χ0n) is 12.6. The van der Waals surface area contributed by atoms with Crippen molar-refractivity contribution in [3.63, 3.8) is 0 Å². The fourth-order valence-corrected chi connectivity index (χ4v) is 2.84. The average molecular weight is 290 g/mol. The second-order valence-corrected chi connectivity index (χ2v) is 6.31. The fourth-order valence-electron chi connectivity index (χ4n) is 1.87. The monoisotopic (exact) mass is 290 g/mol. The smallest absolute Gasteiger partial charge is 0.185 e. The van der Waals surface area contributed by atoms with Crippen molar-refractivity contribution in [3.05, 3.63) is 40.7 Å². The molecule has 1 N–H and O–H groups in total. The van der Waals surface area contributed by atoms with Gasteiger partial charge in [-0.1, -0.05) is 13.8 Å². The molecule has 0 unspecified atom stereocenters. The van der Waals surface area contributed by atoms with Crippen LogP contribution in [-0.2, 0) is 13.1 Å². The van der Waals surface area contributed by atoms with E-state index in [9.17, 15) is 0 Å². The number of anilines is 1. The second kappa shape index (κ2) is 6.81. The van der Waals surface area contributed by atoms with Gasteiger partial charge in [0.2, 0.25) is 0 Å². The summed E-state index contributed by atoms with van der Waals surface area (Å²) >= 11 is 1.77. The van der Waals surface area contributed by atoms with Crippen LogP contribution in [0.5, 0.6) is 0 Å². The molecule has 20 heavy (non-hydrogen) atoms. The van der Waals surface area contributed by atoms with E-state index in [1.807, 2.05) is 24.5 Å². The molecule has 0 aliphatic heterocycles. The number of aromatic nitrogens is 2. The molecule has 2 aromatic heterocycles. The zero-order valence-corrected chi connectivity index (χ0v) is 13.4. The molecule has 0 bridgehead atoms. The first-order valence-corrected chi connectivity index (χ1v) is 7.67. The Labute approximate surface area is 124 Å². The number of nitrogens with zero attached hydrogens (tertiary/aromatic N) is 3. The summed E-state index contributed by atoms with van der Waals surface area (Å²) < 4.78 is 0. The van der Waals surface area contributed by atoms with Crippen molar-refractivity contribution in [1.82, 2.24) is 15.3 Å². The number of hydrogen-bond acceptors (Lipinski definition) is 5. The molecule has 0 amide bonds. The number of hydrogen-bond donors (Lipinski definition) is 1. The zero-order chi connectivity index (χ0) is 14.5. The van der Waals surface area contributed by atoms with Gasteiger partial charge in [-0.2, -0.15) is 0 Å². The quantitative estimate of drug-likeness (QED) is 0.888. The SMILES string of the molecule is Cc1nc(N(C)Cc2ccncc2)sc1CNC(C)C. The van der Waals surface area contributed by atoms with E-state index in [1.165, 1.54) is 10.4 Å². The molecule has 0 aliphatic rings. The van der Waals surface area contributed by atoms with Crippen LogP contribution in [0.25, 0.3) is 0 Å². The van der Waals surface area contributed by atoms with Crippen molar-refractivity contribution in [1.29, 1.82) is 0 Å². The summed E-state index contributed by atoms with van der Waals surface area (Å²) in [4.78, 5) is 12.2. The first-order chi connectivity index (χ1) is 9.56. The summed E-state index contributed by atoms with van der Waals surface area (Å²) in [5, 5.41) is 4.52. The molecule has 0 aliphatic carbocycles. The molecule has 0 saturated heterocycles. The number of nitrogens with one attached hydrogen (secondary N) is 1. The Morgan fingerprint density at radius 2 is 2.00 bits per heavy atom. The van der Waals surface area contributed by atoms with E-state index in [0.29, 0.717) is 6.04 Å². The Balaban J connectivity index is 2.03. The van der Waals surface area contributed by atoms with E-state index in [2.05, 4.69) is 48.0 Å². The summed E-state index contributed by atoms with van der Waals surface area (Å²) in [5.74, 6) is 0. The molecule has 0 saturated carbocycles. The van der Waals surface area contributed by atoms with Crippen molar-refractivity contribution in [2.24, 2.45) is 0 Å². The summed E-state index contributed by atoms with van der Waals surface area (Å²) in [6.45, 7) is 8.15. The number of pyridine rings is 1. The van der Waals surface area contributed by atoms with Crippen LogP contribution >= 0.6 is 11.3 Å². The summed E-state index contributed by atoms with van der Waals surface area (Å²) in [7, 11) is 2.08. The summed E-state index contributed by atoms with van der Waals surface area (Å²) in [5.41, 5.74) is 2.37. The molecule has 4 nitrogen and oxygen atoms in total. The lowest BCUT2D eigenvalue weighted by molar-refractivity contribution is 0.591. The molecule has 2 heterocycles. The van der Waals surface area contributed by atoms with E-state index in [1.54, 1.807) is 11.3 Å². The van der Waals surface area contributed by atoms with Gasteiger partial charge in [0.1, 0.15) is 0 Å². The third-order valence-electron chi connectivity index (χ3n) is 3.05. The largest absolute Gasteiger partial charge is 0.347 e. The highest BCUT2D eigenvalue weighted by Gasteiger charge is 2.11. The maximum atomic E-state index is 4.67. The van der Waals surface area contributed by atoms with E-state index < -0.39 is 0 Å². The second-order valence-electron chi connectivity index (χ2n) is 5.25. The van der Waals surface area contributed by atoms with Crippen molar-refractivity contribution in [3.8, 4) is 0 Å². The van der Waals surface area contributed by atoms with Crippen LogP contribution in [0.1, 0.15) is 30.0 Å². The highest BCUT2D eigenvalue weighted by atomic mass is 32.1. The molecule has 2 aromatic rings. The number of aryl methyl sites for hydroxylation is 1. The topological polar surface area (TPSA) is 41.1 Å². The number of rotatable bonds is 6. The highest BCUT2D eigenvalue weighted by molar-refractivity contribution is 7.15. The lowest BCUT2D eigenvalue weighted by Crippen LogP contribution is -2.21. The van der Waals surface area contributed by atoms with Crippen molar-refractivity contribution in [2.45, 2.75) is 39.9 Å². The highest BCUT2D eigenvalue weighted by Crippen LogP contribution is 2.26. The molecular formula is C15H22N4S. The van der Waals surface area contributed by atoms with Crippen LogP contribution in [0.2, 0.25) is 0 Å². The maximum Gasteiger partial charge on any atom is 0.185 e. The van der Waals surface area contributed by atoms with Crippen molar-refractivity contribution in [2.75, 3.05) is 11.9 Å².